The number of hydrogen-bond acceptors (Lipinski definition) is 2. The Morgan fingerprint density at radius 2 is 1.81 bits per heavy atom. The van der Waals surface area contributed by atoms with Gasteiger partial charge in [0, 0.05) is 0 Å². The number of allylic oxidation sites excluding steroid dienone is 1. The molecule has 21 heavy (non-hydrogen) atoms. The van der Waals surface area contributed by atoms with Gasteiger partial charge in [0.05, 0.1) is 0 Å². The van der Waals surface area contributed by atoms with Crippen LogP contribution in [-0.2, 0) is 11.2 Å². The molecule has 0 aliphatic heterocycles. The van der Waals surface area contributed by atoms with Gasteiger partial charge in [-0.05, 0) is 0 Å². The molecule has 1 aliphatic carbocycles. The number of carbonyl (C=O) groups excluding carboxylic acids is 1. The van der Waals surface area contributed by atoms with Crippen LogP contribution in [0.3, 0.4) is 0 Å². The minimum absolute atomic E-state index is 0.110. The number of nitrogens with zero attached hydrogens (tertiary/aromatic N) is 1. The number of carbonyl (C=O) groups is 1. The molecule has 0 fully saturated rings. The van der Waals surface area contributed by atoms with Crippen LogP contribution in [0.1, 0.15) is 16.7 Å². The van der Waals surface area contributed by atoms with E-state index in [9.17, 15) is 4.79 Å². The number of Topliss-reactive ketones (excluding diaryl/α,β-unsaturated/α-hetero) is 1. The Kier molecular flexibility index (Phi) is 3.87. The molecule has 0 saturated heterocycles. The third-order valence-electron chi connectivity index (χ3n) is 3.53. The van der Waals surface area contributed by atoms with E-state index in [1.165, 1.54) is 5.56 Å². The van der Waals surface area contributed by atoms with E-state index in [0.717, 1.165) is 21.3 Å². The molecule has 0 unspecified atom stereocenters. The number of rotatable bonds is 2. The summed E-state index contributed by atoms with van der Waals surface area (Å²) in [6.45, 7) is 2.04. The Labute approximate surface area is 132 Å². The van der Waals surface area contributed by atoms with E-state index >= 15 is 0 Å². The van der Waals surface area contributed by atoms with Gasteiger partial charge < -0.3 is 0 Å². The first-order valence-electron chi connectivity index (χ1n) is 6.78. The molecule has 0 amide bonds. The monoisotopic (exact) mass is 340 g/mol. The van der Waals surface area contributed by atoms with Crippen molar-refractivity contribution >= 4 is 38.2 Å². The second kappa shape index (κ2) is 5.80. The second-order valence-electron chi connectivity index (χ2n) is 5.09. The van der Waals surface area contributed by atoms with E-state index in [2.05, 4.69) is 21.0 Å². The van der Waals surface area contributed by atoms with Gasteiger partial charge in [-0.15, -0.1) is 0 Å². The second-order valence-corrected chi connectivity index (χ2v) is 5.95. The quantitative estimate of drug-likeness (QED) is 0.609. The van der Waals surface area contributed by atoms with E-state index in [1.807, 2.05) is 55.5 Å². The minimum atomic E-state index is 0.110. The van der Waals surface area contributed by atoms with Crippen LogP contribution >= 0.6 is 0 Å². The molecule has 1 aliphatic rings. The van der Waals surface area contributed by atoms with Crippen molar-refractivity contribution < 1.29 is 4.79 Å². The third kappa shape index (κ3) is 2.89. The summed E-state index contributed by atoms with van der Waals surface area (Å²) in [5.74, 6) is 0.110. The number of ketones is 1. The molecule has 103 valence electrons. The maximum atomic E-state index is 12.3. The molecule has 0 aromatic heterocycles. The first-order chi connectivity index (χ1) is 10.1. The normalized spacial score (nSPS) is 14.6. The average molecular weight is 339 g/mol. The molecule has 0 bridgehead atoms. The molecule has 2 nitrogen and oxygen atoms in total. The van der Waals surface area contributed by atoms with Gasteiger partial charge in [-0.3, -0.25) is 0 Å². The van der Waals surface area contributed by atoms with Crippen molar-refractivity contribution in [3.05, 3.63) is 70.8 Å². The van der Waals surface area contributed by atoms with Crippen molar-refractivity contribution in [3.8, 4) is 0 Å². The molecule has 1 radical (unpaired) electrons. The van der Waals surface area contributed by atoms with Gasteiger partial charge in [0.1, 0.15) is 0 Å². The molecular formula is C18H14NOSe. The molecule has 2 aromatic carbocycles. The SMILES string of the molecule is Cc1ccc(N=CC2=C([Se])c3ccccc3CC2=O)cc1. The van der Waals surface area contributed by atoms with Crippen molar-refractivity contribution in [2.24, 2.45) is 4.99 Å². The van der Waals surface area contributed by atoms with Gasteiger partial charge in [-0.25, -0.2) is 0 Å². The summed E-state index contributed by atoms with van der Waals surface area (Å²) in [5, 5.41) is 0. The Hall–Kier alpha value is -1.96. The molecule has 3 rings (SSSR count). The van der Waals surface area contributed by atoms with E-state index in [0.29, 0.717) is 12.0 Å². The molecular weight excluding hydrogens is 325 g/mol. The van der Waals surface area contributed by atoms with E-state index in [-0.39, 0.29) is 5.78 Å². The van der Waals surface area contributed by atoms with Gasteiger partial charge in [-0.2, -0.15) is 0 Å². The van der Waals surface area contributed by atoms with Gasteiger partial charge in [-0.1, -0.05) is 0 Å². The van der Waals surface area contributed by atoms with Crippen LogP contribution in [0.15, 0.2) is 59.1 Å². The van der Waals surface area contributed by atoms with Crippen LogP contribution < -0.4 is 0 Å². The number of fused-ring (bicyclic) bond motifs is 1. The summed E-state index contributed by atoms with van der Waals surface area (Å²) in [6.07, 6.45) is 2.12. The fraction of sp³-hybridized carbons (Fsp3) is 0.111. The fourth-order valence-corrected chi connectivity index (χ4v) is 3.10. The summed E-state index contributed by atoms with van der Waals surface area (Å²) >= 11 is 3.03. The van der Waals surface area contributed by atoms with E-state index in [4.69, 9.17) is 0 Å². The van der Waals surface area contributed by atoms with Crippen LogP contribution in [0.2, 0.25) is 0 Å². The third-order valence-corrected chi connectivity index (χ3v) is 4.46. The molecule has 0 N–H and O–H groups in total. The average Bonchev–Trinajstić information content (AvgIpc) is 2.49. The number of aryl methyl sites for hydroxylation is 1. The van der Waals surface area contributed by atoms with Crippen molar-refractivity contribution in [3.63, 3.8) is 0 Å². The summed E-state index contributed by atoms with van der Waals surface area (Å²) in [5.41, 5.74) is 4.88. The summed E-state index contributed by atoms with van der Waals surface area (Å²) in [6, 6.07) is 15.9. The Bertz CT molecular complexity index is 757. The zero-order valence-corrected chi connectivity index (χ0v) is 13.4. The first kappa shape index (κ1) is 14.0. The van der Waals surface area contributed by atoms with Crippen LogP contribution in [0.5, 0.6) is 0 Å². The van der Waals surface area contributed by atoms with Crippen LogP contribution in [-0.4, -0.2) is 28.0 Å². The molecule has 0 heterocycles. The van der Waals surface area contributed by atoms with Crippen molar-refractivity contribution in [2.45, 2.75) is 13.3 Å². The standard InChI is InChI=1S/C18H14NOSe/c1-12-6-8-14(9-7-12)19-11-16-17(20)10-13-4-2-3-5-15(13)18(16)21/h2-9,11H,10H2,1H3. The van der Waals surface area contributed by atoms with Gasteiger partial charge >= 0.3 is 132 Å². The summed E-state index contributed by atoms with van der Waals surface area (Å²) < 4.78 is 0.887. The van der Waals surface area contributed by atoms with Gasteiger partial charge in [0.15, 0.2) is 0 Å². The topological polar surface area (TPSA) is 29.4 Å². The fourth-order valence-electron chi connectivity index (χ4n) is 2.34. The number of hydrogen-bond donors (Lipinski definition) is 0. The van der Waals surface area contributed by atoms with Crippen LogP contribution in [0.4, 0.5) is 5.69 Å². The molecule has 0 spiro atoms. The molecule has 0 saturated carbocycles. The van der Waals surface area contributed by atoms with Crippen molar-refractivity contribution in [1.29, 1.82) is 0 Å². The van der Waals surface area contributed by atoms with Crippen molar-refractivity contribution in [2.75, 3.05) is 0 Å². The summed E-state index contributed by atoms with van der Waals surface area (Å²) in [4.78, 5) is 16.7. The van der Waals surface area contributed by atoms with Crippen LogP contribution in [0.25, 0.3) is 4.47 Å². The van der Waals surface area contributed by atoms with Gasteiger partial charge in [0.2, 0.25) is 0 Å². The Morgan fingerprint density at radius 3 is 2.57 bits per heavy atom. The van der Waals surface area contributed by atoms with E-state index < -0.39 is 0 Å². The number of aliphatic imine (C=N–C) groups is 1. The van der Waals surface area contributed by atoms with Crippen molar-refractivity contribution in [1.82, 2.24) is 0 Å². The molecule has 3 heteroatoms. The zero-order valence-electron chi connectivity index (χ0n) is 11.7. The predicted octanol–water partition coefficient (Wildman–Crippen LogP) is 3.40. The van der Waals surface area contributed by atoms with Gasteiger partial charge in [0.25, 0.3) is 0 Å². The Balaban J connectivity index is 1.97. The summed E-state index contributed by atoms with van der Waals surface area (Å²) in [7, 11) is 0. The Morgan fingerprint density at radius 1 is 1.10 bits per heavy atom. The zero-order chi connectivity index (χ0) is 14.8. The maximum absolute atomic E-state index is 12.3. The predicted molar refractivity (Wildman–Crippen MR) is 87.2 cm³/mol. The van der Waals surface area contributed by atoms with Crippen LogP contribution in [0, 0.1) is 6.92 Å². The first-order valence-corrected chi connectivity index (χ1v) is 7.64. The molecule has 2 aromatic rings. The van der Waals surface area contributed by atoms with E-state index in [1.54, 1.807) is 6.21 Å². The number of benzene rings is 2. The molecule has 0 atom stereocenters.